The number of hydrogen-bond donors (Lipinski definition) is 2. The van der Waals surface area contributed by atoms with Gasteiger partial charge in [0, 0.05) is 18.9 Å². The number of nitrogens with zero attached hydrogens (tertiary/aromatic N) is 2. The maximum Gasteiger partial charge on any atom is 0.270 e. The smallest absolute Gasteiger partial charge is 0.270 e. The van der Waals surface area contributed by atoms with E-state index >= 15 is 0 Å². The quantitative estimate of drug-likeness (QED) is 0.846. The van der Waals surface area contributed by atoms with E-state index in [2.05, 4.69) is 10.3 Å². The fourth-order valence-electron chi connectivity index (χ4n) is 2.69. The van der Waals surface area contributed by atoms with Gasteiger partial charge in [-0.2, -0.15) is 0 Å². The lowest BCUT2D eigenvalue weighted by molar-refractivity contribution is 0.0815. The molecule has 0 aromatic carbocycles. The summed E-state index contributed by atoms with van der Waals surface area (Å²) in [6.45, 7) is 5.98. The predicted octanol–water partition coefficient (Wildman–Crippen LogP) is 1.53. The molecule has 1 amide bonds. The third-order valence-electron chi connectivity index (χ3n) is 4.24. The average molecular weight is 317 g/mol. The summed E-state index contributed by atoms with van der Waals surface area (Å²) in [7, 11) is 0. The maximum atomic E-state index is 12.4. The van der Waals surface area contributed by atoms with E-state index in [1.165, 1.54) is 10.6 Å². The van der Waals surface area contributed by atoms with Gasteiger partial charge in [-0.1, -0.05) is 32.8 Å². The molecule has 0 spiro atoms. The van der Waals surface area contributed by atoms with Crippen molar-refractivity contribution in [3.05, 3.63) is 46.0 Å². The van der Waals surface area contributed by atoms with Crippen LogP contribution in [0.5, 0.6) is 0 Å². The first-order chi connectivity index (χ1) is 11.0. The van der Waals surface area contributed by atoms with Crippen LogP contribution in [-0.2, 0) is 0 Å². The van der Waals surface area contributed by atoms with Gasteiger partial charge in [0.15, 0.2) is 0 Å². The van der Waals surface area contributed by atoms with E-state index in [0.29, 0.717) is 5.65 Å². The van der Waals surface area contributed by atoms with Crippen molar-refractivity contribution in [2.75, 3.05) is 6.54 Å². The van der Waals surface area contributed by atoms with Crippen molar-refractivity contribution in [2.45, 2.75) is 39.7 Å². The number of aliphatic hydroxyl groups excluding tert-OH is 1. The van der Waals surface area contributed by atoms with Crippen molar-refractivity contribution < 1.29 is 9.90 Å². The fourth-order valence-corrected chi connectivity index (χ4v) is 2.69. The van der Waals surface area contributed by atoms with Crippen LogP contribution in [0.1, 0.15) is 42.6 Å². The first-order valence-electron chi connectivity index (χ1n) is 7.92. The molecule has 0 saturated carbocycles. The van der Waals surface area contributed by atoms with Gasteiger partial charge >= 0.3 is 0 Å². The van der Waals surface area contributed by atoms with Crippen molar-refractivity contribution in [1.29, 1.82) is 0 Å². The average Bonchev–Trinajstić information content (AvgIpc) is 2.55. The van der Waals surface area contributed by atoms with E-state index in [1.54, 1.807) is 12.3 Å². The Kier molecular flexibility index (Phi) is 5.50. The molecule has 2 rings (SSSR count). The number of hydrogen-bond acceptors (Lipinski definition) is 4. The van der Waals surface area contributed by atoms with Crippen LogP contribution in [0.15, 0.2) is 29.3 Å². The molecule has 2 aromatic rings. The highest BCUT2D eigenvalue weighted by Gasteiger charge is 2.18. The molecular weight excluding hydrogens is 294 g/mol. The number of carbonyl (C=O) groups excluding carboxylic acids is 1. The molecule has 0 saturated heterocycles. The number of aliphatic hydroxyl groups is 1. The van der Waals surface area contributed by atoms with E-state index < -0.39 is 17.6 Å². The number of pyridine rings is 1. The SMILES string of the molecule is CCC(CC)C(O)CNC(=O)c1cnc2c(C)cccn2c1=O. The zero-order valence-electron chi connectivity index (χ0n) is 13.7. The summed E-state index contributed by atoms with van der Waals surface area (Å²) >= 11 is 0. The van der Waals surface area contributed by atoms with Crippen LogP contribution >= 0.6 is 0 Å². The maximum absolute atomic E-state index is 12.4. The van der Waals surface area contributed by atoms with Gasteiger partial charge in [0.25, 0.3) is 11.5 Å². The van der Waals surface area contributed by atoms with Crippen molar-refractivity contribution in [3.8, 4) is 0 Å². The van der Waals surface area contributed by atoms with Gasteiger partial charge in [-0.3, -0.25) is 14.0 Å². The molecule has 1 unspecified atom stereocenters. The second-order valence-corrected chi connectivity index (χ2v) is 5.72. The van der Waals surface area contributed by atoms with Crippen LogP contribution in [-0.4, -0.2) is 33.0 Å². The molecule has 0 aliphatic heterocycles. The Labute approximate surface area is 135 Å². The van der Waals surface area contributed by atoms with Gasteiger partial charge in [0.2, 0.25) is 0 Å². The van der Waals surface area contributed by atoms with Crippen LogP contribution in [0.4, 0.5) is 0 Å². The minimum atomic E-state index is -0.618. The lowest BCUT2D eigenvalue weighted by Gasteiger charge is -2.20. The monoisotopic (exact) mass is 317 g/mol. The van der Waals surface area contributed by atoms with E-state index in [-0.39, 0.29) is 18.0 Å². The van der Waals surface area contributed by atoms with Crippen molar-refractivity contribution in [1.82, 2.24) is 14.7 Å². The van der Waals surface area contributed by atoms with Gasteiger partial charge < -0.3 is 10.4 Å². The van der Waals surface area contributed by atoms with Crippen LogP contribution in [0.2, 0.25) is 0 Å². The summed E-state index contributed by atoms with van der Waals surface area (Å²) in [6.07, 6.45) is 3.95. The molecule has 0 aliphatic carbocycles. The van der Waals surface area contributed by atoms with Gasteiger partial charge in [-0.25, -0.2) is 4.98 Å². The summed E-state index contributed by atoms with van der Waals surface area (Å²) in [4.78, 5) is 28.8. The second-order valence-electron chi connectivity index (χ2n) is 5.72. The number of carbonyl (C=O) groups is 1. The molecule has 23 heavy (non-hydrogen) atoms. The van der Waals surface area contributed by atoms with Crippen molar-refractivity contribution in [2.24, 2.45) is 5.92 Å². The molecule has 124 valence electrons. The number of rotatable bonds is 6. The van der Waals surface area contributed by atoms with Crippen LogP contribution in [0, 0.1) is 12.8 Å². The number of amides is 1. The molecule has 1 atom stereocenters. The molecule has 0 radical (unpaired) electrons. The molecule has 0 aliphatic rings. The van der Waals surface area contributed by atoms with Gasteiger partial charge in [-0.05, 0) is 24.5 Å². The minimum Gasteiger partial charge on any atom is -0.391 e. The second kappa shape index (κ2) is 7.37. The normalized spacial score (nSPS) is 12.6. The number of aryl methyl sites for hydroxylation is 1. The zero-order valence-corrected chi connectivity index (χ0v) is 13.7. The lowest BCUT2D eigenvalue weighted by Crippen LogP contribution is -2.38. The highest BCUT2D eigenvalue weighted by molar-refractivity contribution is 5.93. The van der Waals surface area contributed by atoms with Crippen LogP contribution in [0.3, 0.4) is 0 Å². The Hall–Kier alpha value is -2.21. The Morgan fingerprint density at radius 3 is 2.74 bits per heavy atom. The number of fused-ring (bicyclic) bond motifs is 1. The molecule has 6 heteroatoms. The number of nitrogens with one attached hydrogen (secondary N) is 1. The molecular formula is C17H23N3O3. The summed E-state index contributed by atoms with van der Waals surface area (Å²) in [5, 5.41) is 12.7. The summed E-state index contributed by atoms with van der Waals surface area (Å²) in [5.41, 5.74) is 0.963. The fraction of sp³-hybridized carbons (Fsp3) is 0.471. The highest BCUT2D eigenvalue weighted by atomic mass is 16.3. The topological polar surface area (TPSA) is 83.7 Å². The summed E-state index contributed by atoms with van der Waals surface area (Å²) in [6, 6.07) is 3.59. The molecule has 0 bridgehead atoms. The molecule has 6 nitrogen and oxygen atoms in total. The highest BCUT2D eigenvalue weighted by Crippen LogP contribution is 2.12. The predicted molar refractivity (Wildman–Crippen MR) is 88.6 cm³/mol. The van der Waals surface area contributed by atoms with Crippen LogP contribution < -0.4 is 10.9 Å². The lowest BCUT2D eigenvalue weighted by atomic mass is 9.96. The van der Waals surface area contributed by atoms with Gasteiger partial charge in [0.05, 0.1) is 6.10 Å². The molecule has 2 aromatic heterocycles. The Morgan fingerprint density at radius 2 is 2.09 bits per heavy atom. The van der Waals surface area contributed by atoms with E-state index in [9.17, 15) is 14.7 Å². The largest absolute Gasteiger partial charge is 0.391 e. The molecule has 2 heterocycles. The van der Waals surface area contributed by atoms with E-state index in [0.717, 1.165) is 18.4 Å². The minimum absolute atomic E-state index is 0.0233. The van der Waals surface area contributed by atoms with Crippen LogP contribution in [0.25, 0.3) is 5.65 Å². The van der Waals surface area contributed by atoms with Crippen molar-refractivity contribution >= 4 is 11.6 Å². The Bertz CT molecular complexity index is 750. The van der Waals surface area contributed by atoms with Gasteiger partial charge in [0.1, 0.15) is 11.2 Å². The van der Waals surface area contributed by atoms with E-state index in [4.69, 9.17) is 0 Å². The first-order valence-corrected chi connectivity index (χ1v) is 7.92. The zero-order chi connectivity index (χ0) is 17.0. The summed E-state index contributed by atoms with van der Waals surface area (Å²) in [5.74, 6) is -0.378. The standard InChI is InChI=1S/C17H23N3O3/c1-4-12(5-2)14(21)10-19-16(22)13-9-18-15-11(3)7-6-8-20(15)17(13)23/h6-9,12,14,21H,4-5,10H2,1-3H3,(H,19,22). The number of aromatic nitrogens is 2. The Balaban J connectivity index is 2.19. The Morgan fingerprint density at radius 1 is 1.39 bits per heavy atom. The summed E-state index contributed by atoms with van der Waals surface area (Å²) < 4.78 is 1.36. The molecule has 0 fully saturated rings. The third kappa shape index (κ3) is 3.59. The van der Waals surface area contributed by atoms with E-state index in [1.807, 2.05) is 26.8 Å². The van der Waals surface area contributed by atoms with Crippen molar-refractivity contribution in [3.63, 3.8) is 0 Å². The first kappa shape index (κ1) is 17.1. The third-order valence-corrected chi connectivity index (χ3v) is 4.24. The van der Waals surface area contributed by atoms with Gasteiger partial charge in [-0.15, -0.1) is 0 Å². The molecule has 2 N–H and O–H groups in total.